The van der Waals surface area contributed by atoms with Crippen molar-refractivity contribution in [1.29, 1.82) is 0 Å². The lowest BCUT2D eigenvalue weighted by Gasteiger charge is -2.19. The maximum absolute atomic E-state index is 13.9. The molecule has 0 fully saturated rings. The second-order valence-corrected chi connectivity index (χ2v) is 21.7. The van der Waals surface area contributed by atoms with Gasteiger partial charge in [-0.3, -0.25) is 49.0 Å². The molecule has 28 nitrogen and oxygen atoms in total. The molecular formula is C68H68Cl4F2N14O14. The Kier molecular flexibility index (Phi) is 33.2. The van der Waals surface area contributed by atoms with Crippen LogP contribution in [-0.2, 0) is 0 Å². The number of amides is 6. The van der Waals surface area contributed by atoms with Crippen molar-refractivity contribution < 1.29 is 66.8 Å². The Balaban J connectivity index is 0.000000357. The van der Waals surface area contributed by atoms with Gasteiger partial charge in [0.15, 0.2) is 23.0 Å². The number of rotatable bonds is 17. The number of hydrogen-bond donors (Lipinski definition) is 9. The molecule has 536 valence electrons. The Morgan fingerprint density at radius 1 is 0.471 bits per heavy atom. The Morgan fingerprint density at radius 2 is 0.784 bits per heavy atom. The number of ether oxygens (including phenoxy) is 2. The molecule has 102 heavy (non-hydrogen) atoms. The lowest BCUT2D eigenvalue weighted by Crippen LogP contribution is -2.18. The van der Waals surface area contributed by atoms with E-state index >= 15 is 0 Å². The van der Waals surface area contributed by atoms with Crippen LogP contribution in [0.4, 0.5) is 43.0 Å². The largest absolute Gasteiger partial charge is 0.484 e. The zero-order valence-corrected chi connectivity index (χ0v) is 56.5. The van der Waals surface area contributed by atoms with E-state index in [1.165, 1.54) is 87.9 Å². The maximum atomic E-state index is 13.9. The van der Waals surface area contributed by atoms with Crippen LogP contribution in [0.15, 0.2) is 158 Å². The summed E-state index contributed by atoms with van der Waals surface area (Å²) < 4.78 is 39.3. The fourth-order valence-corrected chi connectivity index (χ4v) is 9.41. The highest BCUT2D eigenvalue weighted by Crippen LogP contribution is 2.37. The number of anilines is 4. The quantitative estimate of drug-likeness (QED) is 0.0177. The highest BCUT2D eigenvalue weighted by atomic mass is 35.5. The Labute approximate surface area is 602 Å². The number of carbonyl (C=O) groups excluding carboxylic acids is 6. The molecule has 7 aromatic carbocycles. The van der Waals surface area contributed by atoms with E-state index in [4.69, 9.17) is 72.5 Å². The Morgan fingerprint density at radius 3 is 1.13 bits per heavy atom. The van der Waals surface area contributed by atoms with Gasteiger partial charge in [-0.25, -0.2) is 13.6 Å². The minimum atomic E-state index is -1.09. The molecule has 0 saturated carbocycles. The van der Waals surface area contributed by atoms with Gasteiger partial charge in [-0.2, -0.15) is 5.10 Å². The van der Waals surface area contributed by atoms with Crippen molar-refractivity contribution in [2.24, 2.45) is 0 Å². The molecule has 6 amide bonds. The van der Waals surface area contributed by atoms with E-state index < -0.39 is 51.5 Å². The van der Waals surface area contributed by atoms with E-state index in [9.17, 15) is 62.6 Å². The number of aryl methyl sites for hydroxylation is 1. The first-order valence-corrected chi connectivity index (χ1v) is 30.3. The van der Waals surface area contributed by atoms with E-state index in [0.29, 0.717) is 45.0 Å². The Bertz CT molecular complexity index is 4240. The SMILES string of the molecule is C.C.CNC(=O)c1ccc(N)cc1.CNC(=O)c1ccc(NC(=O)c2cc(OC(C)c3c(Cl)ccc(F)c3Cl)c(C)nn2)cc1.CNC(=O)c1ccc(NC(=O)c2cc(OC(C)c3c(Cl)ccc(F)c3Cl)c(N)nn2)cc1.CNC(=O)c1ccc([N+](=O)[O-])cc1.O=C(O)c1ccc([N+](=O)[O-])cc1. The van der Waals surface area contributed by atoms with Gasteiger partial charge in [0.2, 0.25) is 0 Å². The molecule has 34 heteroatoms. The summed E-state index contributed by atoms with van der Waals surface area (Å²) in [5.41, 5.74) is 15.5. The smallest absolute Gasteiger partial charge is 0.335 e. The topological polar surface area (TPSA) is 420 Å². The number of hydrogen-bond acceptors (Lipinski definition) is 19. The van der Waals surface area contributed by atoms with Gasteiger partial charge in [0.1, 0.15) is 35.3 Å². The van der Waals surface area contributed by atoms with Crippen molar-refractivity contribution in [3.8, 4) is 11.5 Å². The van der Waals surface area contributed by atoms with Gasteiger partial charge in [0, 0.05) is 125 Å². The molecule has 2 aromatic heterocycles. The molecule has 9 rings (SSSR count). The van der Waals surface area contributed by atoms with Crippen LogP contribution in [0.3, 0.4) is 0 Å². The lowest BCUT2D eigenvalue weighted by atomic mass is 10.1. The predicted molar refractivity (Wildman–Crippen MR) is 384 cm³/mol. The van der Waals surface area contributed by atoms with Crippen molar-refractivity contribution in [2.45, 2.75) is 47.8 Å². The third kappa shape index (κ3) is 24.2. The first kappa shape index (κ1) is 84.2. The highest BCUT2D eigenvalue weighted by molar-refractivity contribution is 6.36. The first-order valence-electron chi connectivity index (χ1n) is 28.8. The number of non-ortho nitro benzene ring substituents is 2. The normalized spacial score (nSPS) is 10.5. The molecular weight excluding hydrogens is 1420 g/mol. The number of nitrogens with one attached hydrogen (secondary N) is 6. The van der Waals surface area contributed by atoms with Crippen LogP contribution in [0.2, 0.25) is 20.1 Å². The van der Waals surface area contributed by atoms with Crippen LogP contribution in [0.5, 0.6) is 11.5 Å². The van der Waals surface area contributed by atoms with Crippen molar-refractivity contribution in [1.82, 2.24) is 41.7 Å². The third-order valence-corrected chi connectivity index (χ3v) is 14.7. The molecule has 0 aliphatic heterocycles. The van der Waals surface area contributed by atoms with Crippen molar-refractivity contribution in [3.05, 3.63) is 266 Å². The molecule has 11 N–H and O–H groups in total. The lowest BCUT2D eigenvalue weighted by molar-refractivity contribution is -0.385. The Hall–Kier alpha value is -12.0. The number of nitrogen functional groups attached to an aromatic ring is 2. The van der Waals surface area contributed by atoms with Gasteiger partial charge < -0.3 is 57.9 Å². The zero-order valence-electron chi connectivity index (χ0n) is 53.5. The predicted octanol–water partition coefficient (Wildman–Crippen LogP) is 13.4. The summed E-state index contributed by atoms with van der Waals surface area (Å²) >= 11 is 24.4. The molecule has 0 spiro atoms. The van der Waals surface area contributed by atoms with Crippen LogP contribution >= 0.6 is 46.4 Å². The molecule has 9 aromatic rings. The second-order valence-electron chi connectivity index (χ2n) is 20.1. The van der Waals surface area contributed by atoms with Crippen LogP contribution in [0.25, 0.3) is 0 Å². The fraction of sp³-hybridized carbons (Fsp3) is 0.162. The standard InChI is InChI=1S/C22H19Cl2FN4O3.C21H18Cl2FN5O3.C8H8N2O3.C8H10N2O.C7H5NO4.2CH4/c1-11-18(32-12(2)19-15(23)8-9-16(25)20(19)24)10-17(29-28-11)22(31)27-14-6-4-13(5-7-14)21(30)26-3;1-10(17-13(22)7-8-14(24)18(17)23)32-16-9-15(28-29-19(16)25)21(31)27-12-5-3-11(4-6-12)20(30)26-2;1-9-8(11)6-2-4-7(5-3-6)10(12)13;1-10-8(11)6-2-4-7(9)5-3-6;9-7(10)5-1-3-6(4-2-5)8(11)12;;/h4-10,12H,1-3H3,(H,26,30)(H,27,31);3-10H,1-2H3,(H2,25,29)(H,26,30)(H,27,31);2-5H,1H3,(H,9,11);2-5H,9H2,1H3,(H,10,11);1-4H,(H,9,10);2*1H4. The van der Waals surface area contributed by atoms with Crippen LogP contribution < -0.4 is 52.8 Å². The molecule has 0 saturated heterocycles. The fourth-order valence-electron chi connectivity index (χ4n) is 8.06. The number of carboxylic acid groups (broad SMARTS) is 1. The monoisotopic (exact) mass is 1480 g/mol. The third-order valence-electron chi connectivity index (χ3n) is 13.3. The number of carbonyl (C=O) groups is 7. The van der Waals surface area contributed by atoms with Crippen molar-refractivity contribution >= 4 is 122 Å². The summed E-state index contributed by atoms with van der Waals surface area (Å²) in [5, 5.41) is 59.7. The van der Waals surface area contributed by atoms with Gasteiger partial charge >= 0.3 is 5.97 Å². The molecule has 2 unspecified atom stereocenters. The van der Waals surface area contributed by atoms with E-state index in [2.05, 4.69) is 52.3 Å². The van der Waals surface area contributed by atoms with E-state index in [1.807, 2.05) is 0 Å². The number of benzene rings is 7. The number of aromatic carboxylic acids is 1. The molecule has 2 heterocycles. The minimum Gasteiger partial charge on any atom is -0.484 e. The maximum Gasteiger partial charge on any atom is 0.335 e. The molecule has 0 aliphatic rings. The van der Waals surface area contributed by atoms with Gasteiger partial charge in [-0.1, -0.05) is 61.3 Å². The van der Waals surface area contributed by atoms with Gasteiger partial charge in [-0.15, -0.1) is 15.3 Å². The molecule has 0 aliphatic carbocycles. The summed E-state index contributed by atoms with van der Waals surface area (Å²) in [6.07, 6.45) is -1.52. The minimum absolute atomic E-state index is 0. The molecule has 0 radical (unpaired) electrons. The van der Waals surface area contributed by atoms with Crippen LogP contribution in [0.1, 0.15) is 130 Å². The second kappa shape index (κ2) is 40.2. The van der Waals surface area contributed by atoms with E-state index in [0.717, 1.165) is 18.2 Å². The van der Waals surface area contributed by atoms with Crippen molar-refractivity contribution in [3.63, 3.8) is 0 Å². The number of aromatic nitrogens is 4. The number of carboxylic acids is 1. The van der Waals surface area contributed by atoms with Crippen molar-refractivity contribution in [2.75, 3.05) is 50.3 Å². The van der Waals surface area contributed by atoms with E-state index in [-0.39, 0.29) is 115 Å². The van der Waals surface area contributed by atoms with E-state index in [1.54, 1.807) is 101 Å². The zero-order chi connectivity index (χ0) is 74.1. The molecule has 2 atom stereocenters. The van der Waals surface area contributed by atoms with Gasteiger partial charge in [0.25, 0.3) is 46.8 Å². The summed E-state index contributed by atoms with van der Waals surface area (Å²) in [6.45, 7) is 4.91. The summed E-state index contributed by atoms with van der Waals surface area (Å²) in [4.78, 5) is 100. The summed E-state index contributed by atoms with van der Waals surface area (Å²) in [7, 11) is 6.15. The average Bonchev–Trinajstić information content (AvgIpc) is 0.817. The number of halogens is 6. The average molecular weight is 1490 g/mol. The number of nitro groups is 2. The van der Waals surface area contributed by atoms with Crippen LogP contribution in [-0.4, -0.2) is 105 Å². The molecule has 0 bridgehead atoms. The van der Waals surface area contributed by atoms with Gasteiger partial charge in [0.05, 0.1) is 25.5 Å². The summed E-state index contributed by atoms with van der Waals surface area (Å²) in [5.74, 6) is -4.05. The highest BCUT2D eigenvalue weighted by Gasteiger charge is 2.24. The number of nitrogens with two attached hydrogens (primary N) is 2. The summed E-state index contributed by atoms with van der Waals surface area (Å²) in [6, 6.07) is 37.3. The van der Waals surface area contributed by atoms with Crippen LogP contribution in [0, 0.1) is 38.8 Å². The van der Waals surface area contributed by atoms with Gasteiger partial charge in [-0.05, 0) is 142 Å². The number of nitrogens with zero attached hydrogens (tertiary/aromatic N) is 6. The first-order chi connectivity index (χ1) is 47.4. The number of nitro benzene ring substituents is 2.